The highest BCUT2D eigenvalue weighted by molar-refractivity contribution is 6.13. The molecule has 3 aromatic heterocycles. The van der Waals surface area contributed by atoms with Crippen molar-refractivity contribution < 1.29 is 28.4 Å². The van der Waals surface area contributed by atoms with Gasteiger partial charge in [0.1, 0.15) is 0 Å². The molecule has 0 fully saturated rings. The molecule has 0 saturated heterocycles. The predicted octanol–water partition coefficient (Wildman–Crippen LogP) is 3.07. The Hall–Kier alpha value is -4.54. The number of esters is 2. The molecular weight excluding hydrogens is 442 g/mol. The van der Waals surface area contributed by atoms with Gasteiger partial charge in [0.2, 0.25) is 0 Å². The van der Waals surface area contributed by atoms with Gasteiger partial charge < -0.3 is 19.3 Å². The van der Waals surface area contributed by atoms with Crippen LogP contribution in [0, 0.1) is 13.8 Å². The second-order valence-corrected chi connectivity index (χ2v) is 7.54. The molecule has 0 unspecified atom stereocenters. The first-order valence-corrected chi connectivity index (χ1v) is 10.1. The molecule has 11 heteroatoms. The van der Waals surface area contributed by atoms with E-state index in [1.165, 1.54) is 32.4 Å². The number of nitrogens with zero attached hydrogens (tertiary/aromatic N) is 4. The number of aromatic nitrogens is 4. The van der Waals surface area contributed by atoms with Gasteiger partial charge in [-0.2, -0.15) is 5.10 Å². The van der Waals surface area contributed by atoms with Gasteiger partial charge in [0.15, 0.2) is 0 Å². The predicted molar refractivity (Wildman–Crippen MR) is 121 cm³/mol. The summed E-state index contributed by atoms with van der Waals surface area (Å²) in [6.45, 7) is 3.53. The zero-order valence-electron chi connectivity index (χ0n) is 19.1. The zero-order valence-corrected chi connectivity index (χ0v) is 19.1. The number of rotatable bonds is 5. The lowest BCUT2D eigenvalue weighted by Gasteiger charge is -2.11. The van der Waals surface area contributed by atoms with E-state index in [1.54, 1.807) is 30.9 Å². The van der Waals surface area contributed by atoms with Gasteiger partial charge in [-0.25, -0.2) is 14.6 Å². The molecule has 0 aliphatic carbocycles. The standard InChI is InChI=1S/C23H21N5O6/c1-11-17(10-28(3)26-11)18-9-16(19-12(2)27-34-21(19)25-18)20(29)24-15-7-13(22(30)32-4)6-14(8-15)23(31)33-5/h6-10H,1-5H3,(H,24,29). The zero-order chi connectivity index (χ0) is 24.6. The van der Waals surface area contributed by atoms with Gasteiger partial charge in [-0.15, -0.1) is 0 Å². The van der Waals surface area contributed by atoms with E-state index in [2.05, 4.69) is 20.6 Å². The first-order chi connectivity index (χ1) is 16.2. The van der Waals surface area contributed by atoms with Gasteiger partial charge in [-0.3, -0.25) is 9.48 Å². The number of pyridine rings is 1. The Labute approximate surface area is 193 Å². The topological polar surface area (TPSA) is 138 Å². The van der Waals surface area contributed by atoms with Crippen molar-refractivity contribution in [2.24, 2.45) is 7.05 Å². The van der Waals surface area contributed by atoms with E-state index in [9.17, 15) is 14.4 Å². The Morgan fingerprint density at radius 2 is 1.62 bits per heavy atom. The first kappa shape index (κ1) is 22.6. The summed E-state index contributed by atoms with van der Waals surface area (Å²) < 4.78 is 16.5. The van der Waals surface area contributed by atoms with Gasteiger partial charge >= 0.3 is 11.9 Å². The minimum absolute atomic E-state index is 0.0772. The second-order valence-electron chi connectivity index (χ2n) is 7.54. The molecule has 4 rings (SSSR count). The van der Waals surface area contributed by atoms with Crippen molar-refractivity contribution in [1.82, 2.24) is 19.9 Å². The number of carbonyl (C=O) groups excluding carboxylic acids is 3. The second kappa shape index (κ2) is 8.77. The fourth-order valence-electron chi connectivity index (χ4n) is 3.63. The monoisotopic (exact) mass is 463 g/mol. The Bertz CT molecular complexity index is 1420. The Morgan fingerprint density at radius 3 is 2.18 bits per heavy atom. The summed E-state index contributed by atoms with van der Waals surface area (Å²) in [5, 5.41) is 11.4. The van der Waals surface area contributed by atoms with Gasteiger partial charge in [0.05, 0.1) is 53.4 Å². The summed E-state index contributed by atoms with van der Waals surface area (Å²) in [5.74, 6) is -1.85. The molecule has 0 radical (unpaired) electrons. The first-order valence-electron chi connectivity index (χ1n) is 10.1. The molecule has 34 heavy (non-hydrogen) atoms. The fraction of sp³-hybridized carbons (Fsp3) is 0.217. The number of methoxy groups -OCH3 is 2. The largest absolute Gasteiger partial charge is 0.465 e. The molecule has 0 bridgehead atoms. The van der Waals surface area contributed by atoms with Crippen LogP contribution in [0.3, 0.4) is 0 Å². The van der Waals surface area contributed by atoms with Crippen LogP contribution in [-0.2, 0) is 16.5 Å². The Morgan fingerprint density at radius 1 is 0.971 bits per heavy atom. The summed E-state index contributed by atoms with van der Waals surface area (Å²) in [5.41, 5.74) is 3.23. The van der Waals surface area contributed by atoms with Crippen molar-refractivity contribution in [2.45, 2.75) is 13.8 Å². The van der Waals surface area contributed by atoms with Crippen molar-refractivity contribution in [1.29, 1.82) is 0 Å². The Kier molecular flexibility index (Phi) is 5.84. The molecule has 1 amide bonds. The maximum Gasteiger partial charge on any atom is 0.337 e. The maximum absolute atomic E-state index is 13.4. The third-order valence-corrected chi connectivity index (χ3v) is 5.18. The SMILES string of the molecule is COC(=O)c1cc(NC(=O)c2cc(-c3cn(C)nc3C)nc3onc(C)c23)cc(C(=O)OC)c1. The Balaban J connectivity index is 1.80. The van der Waals surface area contributed by atoms with Crippen LogP contribution >= 0.6 is 0 Å². The number of nitrogens with one attached hydrogen (secondary N) is 1. The van der Waals surface area contributed by atoms with Crippen molar-refractivity contribution >= 4 is 34.6 Å². The summed E-state index contributed by atoms with van der Waals surface area (Å²) >= 11 is 0. The van der Waals surface area contributed by atoms with E-state index < -0.39 is 17.8 Å². The summed E-state index contributed by atoms with van der Waals surface area (Å²) in [6.07, 6.45) is 1.79. The number of hydrogen-bond donors (Lipinski definition) is 1. The van der Waals surface area contributed by atoms with Crippen LogP contribution in [0.25, 0.3) is 22.4 Å². The lowest BCUT2D eigenvalue weighted by molar-refractivity contribution is 0.0599. The number of benzene rings is 1. The van der Waals surface area contributed by atoms with E-state index in [-0.39, 0.29) is 28.1 Å². The maximum atomic E-state index is 13.4. The molecular formula is C23H21N5O6. The molecule has 3 heterocycles. The highest BCUT2D eigenvalue weighted by Gasteiger charge is 2.22. The average Bonchev–Trinajstić information content (AvgIpc) is 3.37. The average molecular weight is 463 g/mol. The summed E-state index contributed by atoms with van der Waals surface area (Å²) in [6, 6.07) is 5.76. The molecule has 4 aromatic rings. The highest BCUT2D eigenvalue weighted by Crippen LogP contribution is 2.29. The van der Waals surface area contributed by atoms with Crippen molar-refractivity contribution in [3.8, 4) is 11.3 Å². The van der Waals surface area contributed by atoms with E-state index in [1.807, 2.05) is 6.92 Å². The summed E-state index contributed by atoms with van der Waals surface area (Å²) in [4.78, 5) is 42.1. The molecule has 1 aromatic carbocycles. The van der Waals surface area contributed by atoms with E-state index in [4.69, 9.17) is 14.0 Å². The molecule has 174 valence electrons. The van der Waals surface area contributed by atoms with Crippen LogP contribution in [0.5, 0.6) is 0 Å². The molecule has 0 aliphatic rings. The van der Waals surface area contributed by atoms with Crippen LogP contribution < -0.4 is 5.32 Å². The summed E-state index contributed by atoms with van der Waals surface area (Å²) in [7, 11) is 4.22. The quantitative estimate of drug-likeness (QED) is 0.442. The van der Waals surface area contributed by atoms with Crippen molar-refractivity contribution in [2.75, 3.05) is 19.5 Å². The number of amides is 1. The molecule has 0 spiro atoms. The highest BCUT2D eigenvalue weighted by atomic mass is 16.5. The normalized spacial score (nSPS) is 10.9. The van der Waals surface area contributed by atoms with E-state index >= 15 is 0 Å². The number of ether oxygens (including phenoxy) is 2. The van der Waals surface area contributed by atoms with Gasteiger partial charge in [-0.1, -0.05) is 5.16 Å². The molecule has 0 aliphatic heterocycles. The minimum atomic E-state index is -0.670. The van der Waals surface area contributed by atoms with Gasteiger partial charge in [0, 0.05) is 24.5 Å². The lowest BCUT2D eigenvalue weighted by Crippen LogP contribution is -2.15. The molecule has 11 nitrogen and oxygen atoms in total. The van der Waals surface area contributed by atoms with Crippen LogP contribution in [0.4, 0.5) is 5.69 Å². The van der Waals surface area contributed by atoms with Gasteiger partial charge in [0.25, 0.3) is 11.6 Å². The fourth-order valence-corrected chi connectivity index (χ4v) is 3.63. The van der Waals surface area contributed by atoms with Crippen LogP contribution in [0.1, 0.15) is 42.5 Å². The number of carbonyl (C=O) groups is 3. The smallest absolute Gasteiger partial charge is 0.337 e. The molecule has 0 saturated carbocycles. The third-order valence-electron chi connectivity index (χ3n) is 5.18. The lowest BCUT2D eigenvalue weighted by atomic mass is 10.0. The number of anilines is 1. The van der Waals surface area contributed by atoms with Gasteiger partial charge in [-0.05, 0) is 38.1 Å². The number of fused-ring (bicyclic) bond motifs is 1. The van der Waals surface area contributed by atoms with Crippen LogP contribution in [0.2, 0.25) is 0 Å². The minimum Gasteiger partial charge on any atom is -0.465 e. The van der Waals surface area contributed by atoms with Crippen LogP contribution in [0.15, 0.2) is 35.0 Å². The van der Waals surface area contributed by atoms with Crippen molar-refractivity contribution in [3.63, 3.8) is 0 Å². The van der Waals surface area contributed by atoms with Crippen LogP contribution in [-0.4, -0.2) is 52.0 Å². The molecule has 1 N–H and O–H groups in total. The molecule has 0 atom stereocenters. The van der Waals surface area contributed by atoms with Crippen molar-refractivity contribution in [3.05, 3.63) is 58.5 Å². The third kappa shape index (κ3) is 4.10. The number of aryl methyl sites for hydroxylation is 3. The number of hydrogen-bond acceptors (Lipinski definition) is 9. The van der Waals surface area contributed by atoms with E-state index in [0.29, 0.717) is 16.8 Å². The van der Waals surface area contributed by atoms with E-state index in [0.717, 1.165) is 11.3 Å².